The quantitative estimate of drug-likeness (QED) is 0.528. The van der Waals surface area contributed by atoms with E-state index in [2.05, 4.69) is 0 Å². The van der Waals surface area contributed by atoms with Gasteiger partial charge in [0.25, 0.3) is 0 Å². The lowest BCUT2D eigenvalue weighted by atomic mass is 9.94. The summed E-state index contributed by atoms with van der Waals surface area (Å²) >= 11 is 0. The molecule has 1 aliphatic carbocycles. The van der Waals surface area contributed by atoms with Gasteiger partial charge in [-0.05, 0) is 63.5 Å². The molecule has 35 heavy (non-hydrogen) atoms. The van der Waals surface area contributed by atoms with Gasteiger partial charge < -0.3 is 38.3 Å². The predicted molar refractivity (Wildman–Crippen MR) is 127 cm³/mol. The summed E-state index contributed by atoms with van der Waals surface area (Å²) in [4.78, 5) is 0. The van der Waals surface area contributed by atoms with Gasteiger partial charge in [-0.25, -0.2) is 0 Å². The van der Waals surface area contributed by atoms with E-state index < -0.39 is 6.29 Å². The van der Waals surface area contributed by atoms with E-state index >= 15 is 0 Å². The Bertz CT molecular complexity index is 736. The Morgan fingerprint density at radius 2 is 1.66 bits per heavy atom. The fourth-order valence-corrected chi connectivity index (χ4v) is 5.60. The Morgan fingerprint density at radius 1 is 0.886 bits per heavy atom. The van der Waals surface area contributed by atoms with Gasteiger partial charge in [-0.1, -0.05) is 18.2 Å². The minimum Gasteiger partial charge on any atom is -0.491 e. The van der Waals surface area contributed by atoms with E-state index in [0.29, 0.717) is 26.1 Å². The molecular weight excluding hydrogens is 452 g/mol. The predicted octanol–water partition coefficient (Wildman–Crippen LogP) is 3.79. The molecule has 8 heteroatoms. The summed E-state index contributed by atoms with van der Waals surface area (Å²) in [6, 6.07) is 9.76. The summed E-state index contributed by atoms with van der Waals surface area (Å²) in [7, 11) is 0. The normalized spacial score (nSPS) is 36.4. The number of hydrogen-bond donors (Lipinski definition) is 1. The Labute approximate surface area is 208 Å². The lowest BCUT2D eigenvalue weighted by molar-refractivity contribution is -0.228. The van der Waals surface area contributed by atoms with Gasteiger partial charge in [-0.2, -0.15) is 0 Å². The van der Waals surface area contributed by atoms with Crippen LogP contribution in [0.25, 0.3) is 0 Å². The van der Waals surface area contributed by atoms with Crippen LogP contribution in [0, 0.1) is 5.92 Å². The van der Waals surface area contributed by atoms with Gasteiger partial charge in [0, 0.05) is 25.6 Å². The SMILES string of the molecule is O[C@H]1CC[C@H]2[C@H](OCC(COc3ccccc3)OC3CCCCO3)[C@@H](OC3CCCCO3)C[C@H]2O1. The molecule has 1 N–H and O–H groups in total. The highest BCUT2D eigenvalue weighted by molar-refractivity contribution is 5.20. The summed E-state index contributed by atoms with van der Waals surface area (Å²) < 4.78 is 42.8. The molecule has 8 nitrogen and oxygen atoms in total. The zero-order valence-corrected chi connectivity index (χ0v) is 20.5. The highest BCUT2D eigenvalue weighted by atomic mass is 16.7. The van der Waals surface area contributed by atoms with E-state index in [-0.39, 0.29) is 42.9 Å². The number of ether oxygens (including phenoxy) is 7. The second kappa shape index (κ2) is 12.8. The maximum absolute atomic E-state index is 10.0. The topological polar surface area (TPSA) is 84.8 Å². The third-order valence-corrected chi connectivity index (χ3v) is 7.41. The van der Waals surface area contributed by atoms with Crippen molar-refractivity contribution in [2.75, 3.05) is 26.4 Å². The van der Waals surface area contributed by atoms with Crippen molar-refractivity contribution in [3.63, 3.8) is 0 Å². The molecule has 8 atom stereocenters. The number of benzene rings is 1. The average Bonchev–Trinajstić information content (AvgIpc) is 3.23. The Kier molecular flexibility index (Phi) is 9.29. The van der Waals surface area contributed by atoms with Gasteiger partial charge in [0.15, 0.2) is 18.9 Å². The summed E-state index contributed by atoms with van der Waals surface area (Å²) in [5.41, 5.74) is 0. The van der Waals surface area contributed by atoms with Crippen molar-refractivity contribution in [3.05, 3.63) is 30.3 Å². The summed E-state index contributed by atoms with van der Waals surface area (Å²) in [6.07, 6.45) is 6.52. The largest absolute Gasteiger partial charge is 0.491 e. The van der Waals surface area contributed by atoms with Crippen molar-refractivity contribution in [1.82, 2.24) is 0 Å². The first kappa shape index (κ1) is 25.4. The number of rotatable bonds is 10. The van der Waals surface area contributed by atoms with E-state index in [1.165, 1.54) is 0 Å². The monoisotopic (exact) mass is 492 g/mol. The van der Waals surface area contributed by atoms with Gasteiger partial charge in [0.05, 0.1) is 24.9 Å². The zero-order chi connectivity index (χ0) is 23.9. The molecule has 3 aliphatic heterocycles. The molecule has 4 aliphatic rings. The lowest BCUT2D eigenvalue weighted by Crippen LogP contribution is -2.42. The van der Waals surface area contributed by atoms with Gasteiger partial charge in [0.1, 0.15) is 18.5 Å². The van der Waals surface area contributed by atoms with Crippen LogP contribution < -0.4 is 4.74 Å². The second-order valence-corrected chi connectivity index (χ2v) is 10.1. The van der Waals surface area contributed by atoms with Crippen LogP contribution in [0.15, 0.2) is 30.3 Å². The molecule has 1 aromatic carbocycles. The molecule has 0 radical (unpaired) electrons. The van der Waals surface area contributed by atoms with Crippen molar-refractivity contribution in [1.29, 1.82) is 0 Å². The summed E-state index contributed by atoms with van der Waals surface area (Å²) in [5, 5.41) is 10.0. The van der Waals surface area contributed by atoms with Crippen LogP contribution >= 0.6 is 0 Å². The van der Waals surface area contributed by atoms with Crippen LogP contribution in [-0.4, -0.2) is 74.8 Å². The van der Waals surface area contributed by atoms with Gasteiger partial charge in [-0.3, -0.25) is 0 Å². The van der Waals surface area contributed by atoms with E-state index in [9.17, 15) is 5.11 Å². The van der Waals surface area contributed by atoms with Crippen molar-refractivity contribution in [3.8, 4) is 5.75 Å². The van der Waals surface area contributed by atoms with E-state index in [0.717, 1.165) is 63.9 Å². The van der Waals surface area contributed by atoms with Crippen LogP contribution in [0.5, 0.6) is 5.75 Å². The molecule has 1 saturated carbocycles. The van der Waals surface area contributed by atoms with Crippen LogP contribution in [0.2, 0.25) is 0 Å². The number of aliphatic hydroxyl groups excluding tert-OH is 1. The molecule has 3 unspecified atom stereocenters. The van der Waals surface area contributed by atoms with Crippen LogP contribution in [0.4, 0.5) is 0 Å². The lowest BCUT2D eigenvalue weighted by Gasteiger charge is -2.34. The smallest absolute Gasteiger partial charge is 0.158 e. The first-order valence-electron chi connectivity index (χ1n) is 13.4. The van der Waals surface area contributed by atoms with Gasteiger partial charge >= 0.3 is 0 Å². The maximum atomic E-state index is 10.0. The molecule has 0 aromatic heterocycles. The Hall–Kier alpha value is -1.26. The third-order valence-electron chi connectivity index (χ3n) is 7.41. The molecule has 5 rings (SSSR count). The number of fused-ring (bicyclic) bond motifs is 1. The second-order valence-electron chi connectivity index (χ2n) is 10.1. The first-order chi connectivity index (χ1) is 17.2. The van der Waals surface area contributed by atoms with Crippen molar-refractivity contribution >= 4 is 0 Å². The fourth-order valence-electron chi connectivity index (χ4n) is 5.60. The molecule has 1 aromatic rings. The molecule has 196 valence electrons. The molecule has 0 bridgehead atoms. The van der Waals surface area contributed by atoms with Crippen LogP contribution in [0.3, 0.4) is 0 Å². The van der Waals surface area contributed by atoms with Gasteiger partial charge in [-0.15, -0.1) is 0 Å². The standard InChI is InChI=1S/C27H40O8/c28-24-13-12-21-22(34-24)16-23(35-26-11-5-7-15-30-26)27(21)32-18-20(33-25-10-4-6-14-29-25)17-31-19-8-2-1-3-9-19/h1-3,8-9,20-28H,4-7,10-18H2/t20?,21-,22-,23+,24-,25?,26?,27+/m1/s1. The molecule has 3 saturated heterocycles. The van der Waals surface area contributed by atoms with E-state index in [1.807, 2.05) is 30.3 Å². The summed E-state index contributed by atoms with van der Waals surface area (Å²) in [5.74, 6) is 0.977. The maximum Gasteiger partial charge on any atom is 0.158 e. The van der Waals surface area contributed by atoms with E-state index in [4.69, 9.17) is 33.2 Å². The Morgan fingerprint density at radius 3 is 2.40 bits per heavy atom. The third kappa shape index (κ3) is 7.16. The highest BCUT2D eigenvalue weighted by Gasteiger charge is 2.49. The molecule has 0 spiro atoms. The minimum atomic E-state index is -0.708. The van der Waals surface area contributed by atoms with Gasteiger partial charge in [0.2, 0.25) is 0 Å². The highest BCUT2D eigenvalue weighted by Crippen LogP contribution is 2.41. The first-order valence-corrected chi connectivity index (χ1v) is 13.4. The van der Waals surface area contributed by atoms with Crippen LogP contribution in [-0.2, 0) is 28.4 Å². The molecular formula is C27H40O8. The number of para-hydroxylation sites is 1. The van der Waals surface area contributed by atoms with Crippen molar-refractivity contribution in [2.45, 2.75) is 101 Å². The average molecular weight is 493 g/mol. The van der Waals surface area contributed by atoms with Crippen LogP contribution in [0.1, 0.15) is 57.8 Å². The number of hydrogen-bond acceptors (Lipinski definition) is 8. The van der Waals surface area contributed by atoms with Crippen molar-refractivity contribution < 1.29 is 38.3 Å². The van der Waals surface area contributed by atoms with Crippen molar-refractivity contribution in [2.24, 2.45) is 5.92 Å². The molecule has 3 heterocycles. The number of aliphatic hydroxyl groups is 1. The zero-order valence-electron chi connectivity index (χ0n) is 20.5. The molecule has 0 amide bonds. The Balaban J connectivity index is 1.22. The minimum absolute atomic E-state index is 0.0704. The summed E-state index contributed by atoms with van der Waals surface area (Å²) in [6.45, 7) is 2.20. The fraction of sp³-hybridized carbons (Fsp3) is 0.778. The van der Waals surface area contributed by atoms with E-state index in [1.54, 1.807) is 0 Å². The molecule has 4 fully saturated rings.